The summed E-state index contributed by atoms with van der Waals surface area (Å²) in [5.41, 5.74) is 2.89. The molecule has 3 aromatic heterocycles. The van der Waals surface area contributed by atoms with Gasteiger partial charge in [-0.15, -0.1) is 10.2 Å². The van der Waals surface area contributed by atoms with Crippen LogP contribution in [0.25, 0.3) is 11.1 Å². The number of nitriles is 1. The molecule has 0 aliphatic rings. The molecule has 0 saturated carbocycles. The number of nitrogens with one attached hydrogen (secondary N) is 1. The zero-order valence-corrected chi connectivity index (χ0v) is 17.9. The molecule has 0 radical (unpaired) electrons. The smallest absolute Gasteiger partial charge is 0.227 e. The summed E-state index contributed by atoms with van der Waals surface area (Å²) in [6, 6.07) is 7.80. The number of hydrogen-bond donors (Lipinski definition) is 1. The van der Waals surface area contributed by atoms with Crippen molar-refractivity contribution < 1.29 is 4.74 Å². The van der Waals surface area contributed by atoms with Crippen molar-refractivity contribution in [3.8, 4) is 22.9 Å². The maximum Gasteiger partial charge on any atom is 0.227 e. The first-order valence-electron chi connectivity index (χ1n) is 10.1. The van der Waals surface area contributed by atoms with Gasteiger partial charge in [-0.25, -0.2) is 9.97 Å². The number of nitrogens with zero attached hydrogens (tertiary/aromatic N) is 9. The van der Waals surface area contributed by atoms with Crippen LogP contribution < -0.4 is 10.1 Å². The summed E-state index contributed by atoms with van der Waals surface area (Å²) in [6.45, 7) is 6.40. The van der Waals surface area contributed by atoms with E-state index in [2.05, 4.69) is 55.7 Å². The molecular weight excluding hydrogens is 408 g/mol. The Kier molecular flexibility index (Phi) is 6.03. The van der Waals surface area contributed by atoms with Crippen LogP contribution in [0, 0.1) is 11.3 Å². The standard InChI is InChI=1S/C21H22N10O/c1-14(2)30-12-19(10-26-30)28-21-23-8-18(9-24-21)16-4-5-17(7-22)20(6-16)32-15(3)11-31-27-13-25-29-31/h4-6,8-10,12-15H,11H2,1-3H3,(H,23,24,28)/t15-/m0/s1. The van der Waals surface area contributed by atoms with Crippen LogP contribution in [0.2, 0.25) is 0 Å². The van der Waals surface area contributed by atoms with Crippen molar-refractivity contribution in [2.24, 2.45) is 0 Å². The minimum Gasteiger partial charge on any atom is -0.487 e. The molecule has 32 heavy (non-hydrogen) atoms. The minimum absolute atomic E-state index is 0.263. The van der Waals surface area contributed by atoms with E-state index in [1.54, 1.807) is 24.7 Å². The molecule has 162 valence electrons. The van der Waals surface area contributed by atoms with Crippen molar-refractivity contribution in [3.63, 3.8) is 0 Å². The summed E-state index contributed by atoms with van der Waals surface area (Å²) in [6.07, 6.45) is 8.18. The van der Waals surface area contributed by atoms with Gasteiger partial charge in [0, 0.05) is 30.2 Å². The molecule has 11 nitrogen and oxygen atoms in total. The lowest BCUT2D eigenvalue weighted by Gasteiger charge is -2.16. The van der Waals surface area contributed by atoms with Gasteiger partial charge in [-0.05, 0) is 43.7 Å². The maximum atomic E-state index is 9.45. The van der Waals surface area contributed by atoms with Crippen LogP contribution in [0.3, 0.4) is 0 Å². The highest BCUT2D eigenvalue weighted by Gasteiger charge is 2.13. The summed E-state index contributed by atoms with van der Waals surface area (Å²) in [7, 11) is 0. The highest BCUT2D eigenvalue weighted by Crippen LogP contribution is 2.28. The molecule has 0 amide bonds. The summed E-state index contributed by atoms with van der Waals surface area (Å²) in [5.74, 6) is 0.942. The topological polar surface area (TPSA) is 132 Å². The van der Waals surface area contributed by atoms with Crippen molar-refractivity contribution >= 4 is 11.6 Å². The first-order chi connectivity index (χ1) is 15.5. The van der Waals surface area contributed by atoms with Crippen molar-refractivity contribution in [2.45, 2.75) is 39.5 Å². The molecule has 0 fully saturated rings. The molecule has 1 N–H and O–H groups in total. The van der Waals surface area contributed by atoms with Crippen molar-refractivity contribution in [1.29, 1.82) is 5.26 Å². The second kappa shape index (κ2) is 9.22. The first-order valence-corrected chi connectivity index (χ1v) is 10.1. The Hall–Kier alpha value is -4.33. The van der Waals surface area contributed by atoms with E-state index in [9.17, 15) is 5.26 Å². The first kappa shape index (κ1) is 20.9. The van der Waals surface area contributed by atoms with E-state index in [4.69, 9.17) is 4.74 Å². The van der Waals surface area contributed by atoms with Gasteiger partial charge in [-0.3, -0.25) is 4.68 Å². The second-order valence-electron chi connectivity index (χ2n) is 7.47. The van der Waals surface area contributed by atoms with Crippen LogP contribution in [0.5, 0.6) is 5.75 Å². The van der Waals surface area contributed by atoms with E-state index in [1.807, 2.05) is 29.9 Å². The zero-order valence-electron chi connectivity index (χ0n) is 17.9. The van der Waals surface area contributed by atoms with E-state index < -0.39 is 0 Å². The summed E-state index contributed by atoms with van der Waals surface area (Å²) >= 11 is 0. The van der Waals surface area contributed by atoms with Gasteiger partial charge in [-0.2, -0.15) is 15.2 Å². The number of ether oxygens (including phenoxy) is 1. The van der Waals surface area contributed by atoms with Gasteiger partial charge in [0.05, 0.1) is 24.0 Å². The fourth-order valence-electron chi connectivity index (χ4n) is 3.00. The third-order valence-corrected chi connectivity index (χ3v) is 4.61. The number of hydrogen-bond acceptors (Lipinski definition) is 9. The zero-order chi connectivity index (χ0) is 22.5. The Labute approximate surface area is 184 Å². The van der Waals surface area contributed by atoms with Crippen molar-refractivity contribution in [3.05, 3.63) is 54.9 Å². The van der Waals surface area contributed by atoms with E-state index in [1.165, 1.54) is 11.1 Å². The molecule has 11 heteroatoms. The van der Waals surface area contributed by atoms with Crippen LogP contribution in [0.4, 0.5) is 11.6 Å². The van der Waals surface area contributed by atoms with E-state index in [-0.39, 0.29) is 12.1 Å². The number of aromatic nitrogens is 8. The lowest BCUT2D eigenvalue weighted by molar-refractivity contribution is 0.185. The molecule has 4 aromatic rings. The molecular formula is C21H22N10O. The Balaban J connectivity index is 1.49. The van der Waals surface area contributed by atoms with Crippen LogP contribution >= 0.6 is 0 Å². The van der Waals surface area contributed by atoms with Crippen LogP contribution in [-0.4, -0.2) is 46.1 Å². The molecule has 0 aliphatic carbocycles. The summed E-state index contributed by atoms with van der Waals surface area (Å²) in [5, 5.41) is 28.4. The lowest BCUT2D eigenvalue weighted by atomic mass is 10.1. The molecule has 0 spiro atoms. The van der Waals surface area contributed by atoms with E-state index >= 15 is 0 Å². The number of anilines is 2. The Bertz CT molecular complexity index is 1210. The molecule has 0 unspecified atom stereocenters. The Morgan fingerprint density at radius 3 is 2.56 bits per heavy atom. The van der Waals surface area contributed by atoms with Crippen molar-refractivity contribution in [2.75, 3.05) is 5.32 Å². The van der Waals surface area contributed by atoms with Gasteiger partial charge in [0.2, 0.25) is 5.95 Å². The summed E-state index contributed by atoms with van der Waals surface area (Å²) < 4.78 is 7.84. The molecule has 0 bridgehead atoms. The average Bonchev–Trinajstić information content (AvgIpc) is 3.46. The van der Waals surface area contributed by atoms with E-state index in [0.29, 0.717) is 23.8 Å². The lowest BCUT2D eigenvalue weighted by Crippen LogP contribution is -2.21. The number of tetrazole rings is 1. The van der Waals surface area contributed by atoms with E-state index in [0.717, 1.165) is 16.8 Å². The quantitative estimate of drug-likeness (QED) is 0.448. The van der Waals surface area contributed by atoms with Gasteiger partial charge >= 0.3 is 0 Å². The number of benzene rings is 1. The largest absolute Gasteiger partial charge is 0.487 e. The SMILES string of the molecule is CC(C)n1cc(Nc2ncc(-c3ccc(C#N)c(O[C@@H](C)Cn4ncnn4)c3)cn2)cn1. The Morgan fingerprint density at radius 1 is 1.09 bits per heavy atom. The van der Waals surface area contributed by atoms with Crippen LogP contribution in [-0.2, 0) is 6.54 Å². The predicted octanol–water partition coefficient (Wildman–Crippen LogP) is 2.99. The van der Waals surface area contributed by atoms with Gasteiger partial charge in [0.15, 0.2) is 6.33 Å². The molecule has 1 atom stereocenters. The van der Waals surface area contributed by atoms with Crippen LogP contribution in [0.15, 0.2) is 49.3 Å². The maximum absolute atomic E-state index is 9.45. The fourth-order valence-corrected chi connectivity index (χ4v) is 3.00. The predicted molar refractivity (Wildman–Crippen MR) is 116 cm³/mol. The second-order valence-corrected chi connectivity index (χ2v) is 7.47. The fraction of sp³-hybridized carbons (Fsp3) is 0.286. The minimum atomic E-state index is -0.263. The monoisotopic (exact) mass is 430 g/mol. The van der Waals surface area contributed by atoms with Gasteiger partial charge < -0.3 is 10.1 Å². The van der Waals surface area contributed by atoms with Crippen LogP contribution in [0.1, 0.15) is 32.4 Å². The van der Waals surface area contributed by atoms with Gasteiger partial charge in [0.1, 0.15) is 17.9 Å². The average molecular weight is 430 g/mol. The normalized spacial score (nSPS) is 11.8. The Morgan fingerprint density at radius 2 is 1.91 bits per heavy atom. The highest BCUT2D eigenvalue weighted by molar-refractivity contribution is 5.66. The third kappa shape index (κ3) is 4.86. The van der Waals surface area contributed by atoms with Gasteiger partial charge in [-0.1, -0.05) is 6.07 Å². The summed E-state index contributed by atoms with van der Waals surface area (Å²) in [4.78, 5) is 10.2. The molecule has 4 rings (SSSR count). The highest BCUT2D eigenvalue weighted by atomic mass is 16.5. The molecule has 3 heterocycles. The third-order valence-electron chi connectivity index (χ3n) is 4.61. The molecule has 1 aromatic carbocycles. The van der Waals surface area contributed by atoms with Gasteiger partial charge in [0.25, 0.3) is 0 Å². The number of rotatable bonds is 8. The molecule has 0 aliphatic heterocycles. The van der Waals surface area contributed by atoms with Crippen molar-refractivity contribution in [1.82, 2.24) is 40.0 Å². The molecule has 0 saturated heterocycles.